The van der Waals surface area contributed by atoms with Gasteiger partial charge in [-0.25, -0.2) is 9.97 Å². The third-order valence-electron chi connectivity index (χ3n) is 1.73. The first-order chi connectivity index (χ1) is 6.86. The summed E-state index contributed by atoms with van der Waals surface area (Å²) in [6, 6.07) is 0. The maximum atomic E-state index is 3.92. The fourth-order valence-electron chi connectivity index (χ4n) is 1.02. The van der Waals surface area contributed by atoms with E-state index in [9.17, 15) is 0 Å². The first-order valence-corrected chi connectivity index (χ1v) is 5.79. The molecule has 1 N–H and O–H groups in total. The van der Waals surface area contributed by atoms with Crippen LogP contribution in [0.3, 0.4) is 0 Å². The molecule has 2 aromatic rings. The number of nitrogens with zero attached hydrogens (tertiary/aromatic N) is 2. The molecule has 0 atom stereocenters. The molecular weight excluding hydrogens is 262 g/mol. The molecule has 0 amide bonds. The zero-order chi connectivity index (χ0) is 9.80. The molecule has 0 bridgehead atoms. The highest BCUT2D eigenvalue weighted by Crippen LogP contribution is 2.21. The van der Waals surface area contributed by atoms with Gasteiger partial charge in [-0.1, -0.05) is 0 Å². The summed E-state index contributed by atoms with van der Waals surface area (Å²) in [6.07, 6.45) is 5.03. The lowest BCUT2D eigenvalue weighted by Crippen LogP contribution is -1.99. The summed E-state index contributed by atoms with van der Waals surface area (Å²) in [5.74, 6) is 0. The van der Waals surface area contributed by atoms with E-state index in [1.807, 2.05) is 0 Å². The molecule has 2 rings (SSSR count). The van der Waals surface area contributed by atoms with Crippen LogP contribution in [-0.4, -0.2) is 9.97 Å². The number of hydrogen-bond donors (Lipinski definition) is 1. The molecule has 2 aromatic heterocycles. The van der Waals surface area contributed by atoms with Gasteiger partial charge in [0.1, 0.15) is 6.33 Å². The largest absolute Gasteiger partial charge is 0.378 e. The van der Waals surface area contributed by atoms with E-state index >= 15 is 0 Å². The maximum Gasteiger partial charge on any atom is 0.115 e. The van der Waals surface area contributed by atoms with Crippen molar-refractivity contribution >= 4 is 33.0 Å². The molecule has 0 aromatic carbocycles. The summed E-state index contributed by atoms with van der Waals surface area (Å²) in [7, 11) is 0. The molecule has 0 aliphatic heterocycles. The van der Waals surface area contributed by atoms with Crippen molar-refractivity contribution in [3.05, 3.63) is 39.5 Å². The van der Waals surface area contributed by atoms with Gasteiger partial charge in [-0.15, -0.1) is 0 Å². The van der Waals surface area contributed by atoms with Gasteiger partial charge in [0.15, 0.2) is 0 Å². The zero-order valence-corrected chi connectivity index (χ0v) is 9.68. The van der Waals surface area contributed by atoms with Crippen LogP contribution in [0.4, 0.5) is 5.69 Å². The minimum absolute atomic E-state index is 0.789. The number of aromatic nitrogens is 2. The number of nitrogens with one attached hydrogen (secondary N) is 1. The molecule has 0 fully saturated rings. The monoisotopic (exact) mass is 269 g/mol. The maximum absolute atomic E-state index is 3.92. The second-order valence-electron chi connectivity index (χ2n) is 2.73. The Labute approximate surface area is 94.4 Å². The van der Waals surface area contributed by atoms with Crippen LogP contribution in [0.2, 0.25) is 0 Å². The first kappa shape index (κ1) is 9.61. The third-order valence-corrected chi connectivity index (χ3v) is 3.57. The van der Waals surface area contributed by atoms with Crippen LogP contribution in [0.15, 0.2) is 34.0 Å². The summed E-state index contributed by atoms with van der Waals surface area (Å²) in [5.41, 5.74) is 2.18. The molecule has 0 aliphatic carbocycles. The Bertz CT molecular complexity index is 401. The second-order valence-corrected chi connectivity index (χ2v) is 4.32. The minimum atomic E-state index is 0.789. The molecule has 72 valence electrons. The standard InChI is InChI=1S/C9H8BrN3S/c10-9-5-14-4-7(9)1-13-8-2-11-6-12-3-8/h2-6,13H,1H2. The average molecular weight is 270 g/mol. The van der Waals surface area contributed by atoms with Crippen LogP contribution >= 0.6 is 27.3 Å². The molecule has 14 heavy (non-hydrogen) atoms. The van der Waals surface area contributed by atoms with E-state index < -0.39 is 0 Å². The van der Waals surface area contributed by atoms with Crippen molar-refractivity contribution in [3.63, 3.8) is 0 Å². The van der Waals surface area contributed by atoms with Crippen molar-refractivity contribution in [3.8, 4) is 0 Å². The Hall–Kier alpha value is -0.940. The van der Waals surface area contributed by atoms with Crippen molar-refractivity contribution in [1.82, 2.24) is 9.97 Å². The Morgan fingerprint density at radius 1 is 1.29 bits per heavy atom. The van der Waals surface area contributed by atoms with Crippen LogP contribution in [0.5, 0.6) is 0 Å². The third kappa shape index (κ3) is 2.30. The normalized spacial score (nSPS) is 10.1. The molecule has 0 unspecified atom stereocenters. The fourth-order valence-corrected chi connectivity index (χ4v) is 2.47. The van der Waals surface area contributed by atoms with Gasteiger partial charge >= 0.3 is 0 Å². The van der Waals surface area contributed by atoms with Gasteiger partial charge < -0.3 is 5.32 Å². The number of thiophene rings is 1. The molecule has 5 heteroatoms. The Balaban J connectivity index is 1.99. The number of halogens is 1. The molecule has 0 aliphatic rings. The van der Waals surface area contributed by atoms with Crippen molar-refractivity contribution in [1.29, 1.82) is 0 Å². The molecule has 0 spiro atoms. The summed E-state index contributed by atoms with van der Waals surface area (Å²) in [5, 5.41) is 7.42. The van der Waals surface area contributed by atoms with Gasteiger partial charge in [0.2, 0.25) is 0 Å². The van der Waals surface area contributed by atoms with E-state index in [4.69, 9.17) is 0 Å². The summed E-state index contributed by atoms with van der Waals surface area (Å²) in [4.78, 5) is 7.85. The van der Waals surface area contributed by atoms with Crippen LogP contribution in [0.1, 0.15) is 5.56 Å². The van der Waals surface area contributed by atoms with E-state index in [1.165, 1.54) is 11.9 Å². The highest BCUT2D eigenvalue weighted by atomic mass is 79.9. The van der Waals surface area contributed by atoms with E-state index in [0.717, 1.165) is 16.7 Å². The predicted octanol–water partition coefficient (Wildman–Crippen LogP) is 2.91. The summed E-state index contributed by atoms with van der Waals surface area (Å²) in [6.45, 7) is 0.789. The van der Waals surface area contributed by atoms with Gasteiger partial charge in [0.05, 0.1) is 18.1 Å². The van der Waals surface area contributed by atoms with Crippen LogP contribution in [0, 0.1) is 0 Å². The average Bonchev–Trinajstić information content (AvgIpc) is 2.63. The first-order valence-electron chi connectivity index (χ1n) is 4.05. The van der Waals surface area contributed by atoms with Crippen LogP contribution in [0.25, 0.3) is 0 Å². The molecule has 2 heterocycles. The lowest BCUT2D eigenvalue weighted by molar-refractivity contribution is 1.10. The Kier molecular flexibility index (Phi) is 3.10. The zero-order valence-electron chi connectivity index (χ0n) is 7.27. The van der Waals surface area contributed by atoms with Crippen molar-refractivity contribution in [2.24, 2.45) is 0 Å². The highest BCUT2D eigenvalue weighted by Gasteiger charge is 1.99. The molecule has 3 nitrogen and oxygen atoms in total. The molecule has 0 saturated heterocycles. The summed E-state index contributed by atoms with van der Waals surface area (Å²) < 4.78 is 1.15. The van der Waals surface area contributed by atoms with E-state index in [-0.39, 0.29) is 0 Å². The number of anilines is 1. The fraction of sp³-hybridized carbons (Fsp3) is 0.111. The van der Waals surface area contributed by atoms with Crippen LogP contribution in [-0.2, 0) is 6.54 Å². The lowest BCUT2D eigenvalue weighted by Gasteiger charge is -2.03. The van der Waals surface area contributed by atoms with Gasteiger partial charge in [-0.2, -0.15) is 11.3 Å². The second kappa shape index (κ2) is 4.52. The van der Waals surface area contributed by atoms with Gasteiger partial charge in [-0.05, 0) is 26.9 Å². The Morgan fingerprint density at radius 3 is 2.71 bits per heavy atom. The quantitative estimate of drug-likeness (QED) is 0.931. The lowest BCUT2D eigenvalue weighted by atomic mass is 10.3. The van der Waals surface area contributed by atoms with Crippen molar-refractivity contribution in [2.75, 3.05) is 5.32 Å². The van der Waals surface area contributed by atoms with E-state index in [1.54, 1.807) is 23.7 Å². The molecule has 0 saturated carbocycles. The number of rotatable bonds is 3. The van der Waals surface area contributed by atoms with Gasteiger partial charge in [0, 0.05) is 16.4 Å². The predicted molar refractivity (Wildman–Crippen MR) is 61.4 cm³/mol. The van der Waals surface area contributed by atoms with Crippen molar-refractivity contribution < 1.29 is 0 Å². The van der Waals surface area contributed by atoms with Gasteiger partial charge in [0.25, 0.3) is 0 Å². The minimum Gasteiger partial charge on any atom is -0.378 e. The van der Waals surface area contributed by atoms with E-state index in [0.29, 0.717) is 0 Å². The molecule has 0 radical (unpaired) electrons. The van der Waals surface area contributed by atoms with E-state index in [2.05, 4.69) is 42.0 Å². The highest BCUT2D eigenvalue weighted by molar-refractivity contribution is 9.10. The topological polar surface area (TPSA) is 37.8 Å². The Morgan fingerprint density at radius 2 is 2.07 bits per heavy atom. The van der Waals surface area contributed by atoms with Gasteiger partial charge in [-0.3, -0.25) is 0 Å². The van der Waals surface area contributed by atoms with Crippen molar-refractivity contribution in [2.45, 2.75) is 6.54 Å². The number of hydrogen-bond acceptors (Lipinski definition) is 4. The van der Waals surface area contributed by atoms with Crippen LogP contribution < -0.4 is 5.32 Å². The SMILES string of the molecule is Brc1cscc1CNc1cncnc1. The summed E-state index contributed by atoms with van der Waals surface area (Å²) >= 11 is 5.16. The molecular formula is C9H8BrN3S. The smallest absolute Gasteiger partial charge is 0.115 e.